The van der Waals surface area contributed by atoms with Crippen molar-refractivity contribution in [3.8, 4) is 23.2 Å². The summed E-state index contributed by atoms with van der Waals surface area (Å²) in [6, 6.07) is 15.2. The van der Waals surface area contributed by atoms with Crippen LogP contribution in [-0.2, 0) is 31.2 Å². The lowest BCUT2D eigenvalue weighted by atomic mass is 10.1. The molecule has 5 rings (SSSR count). The Kier molecular flexibility index (Phi) is 6.87. The fourth-order valence-corrected chi connectivity index (χ4v) is 4.39. The topological polar surface area (TPSA) is 115 Å². The number of nitrogens with one attached hydrogen (secondary N) is 2. The van der Waals surface area contributed by atoms with Crippen molar-refractivity contribution in [2.75, 3.05) is 12.3 Å². The van der Waals surface area contributed by atoms with Crippen LogP contribution in [0.4, 0.5) is 10.3 Å². The van der Waals surface area contributed by atoms with Crippen LogP contribution in [0.3, 0.4) is 0 Å². The van der Waals surface area contributed by atoms with E-state index in [0.29, 0.717) is 29.9 Å². The molecule has 2 aromatic carbocycles. The van der Waals surface area contributed by atoms with Gasteiger partial charge in [-0.1, -0.05) is 36.1 Å². The molecule has 38 heavy (non-hydrogen) atoms. The van der Waals surface area contributed by atoms with Crippen molar-refractivity contribution in [1.29, 1.82) is 0 Å². The summed E-state index contributed by atoms with van der Waals surface area (Å²) in [6.45, 7) is 0.908. The number of aromatic nitrogens is 3. The standard InChI is InChI=1S/C29H25FN6O2/c1-36-24-11-12-32-28(38)23(24)15-25(36)27-21(17-34-29(31)35-27)8-5-18-3-2-4-20(13-18)14-26(37)33-16-19-6-9-22(30)10-7-19/h2-4,6-7,9-10,13,15,17H,11-12,14,16H2,1H3,(H,32,38)(H,33,37)(H2,31,34,35). The first kappa shape index (κ1) is 24.7. The predicted molar refractivity (Wildman–Crippen MR) is 141 cm³/mol. The first-order chi connectivity index (χ1) is 18.4. The molecule has 0 bridgehead atoms. The minimum absolute atomic E-state index is 0.110. The minimum atomic E-state index is -0.314. The Hall–Kier alpha value is -4.97. The fraction of sp³-hybridized carbons (Fsp3) is 0.172. The molecule has 4 N–H and O–H groups in total. The van der Waals surface area contributed by atoms with Gasteiger partial charge in [0.05, 0.1) is 23.2 Å². The van der Waals surface area contributed by atoms with Crippen molar-refractivity contribution < 1.29 is 14.0 Å². The third-order valence-corrected chi connectivity index (χ3v) is 6.34. The number of hydrogen-bond acceptors (Lipinski definition) is 5. The molecular formula is C29H25FN6O2. The van der Waals surface area contributed by atoms with Gasteiger partial charge >= 0.3 is 0 Å². The molecule has 0 aliphatic carbocycles. The number of nitrogen functional groups attached to an aromatic ring is 1. The summed E-state index contributed by atoms with van der Waals surface area (Å²) in [5, 5.41) is 5.71. The van der Waals surface area contributed by atoms with Crippen molar-refractivity contribution >= 4 is 17.8 Å². The van der Waals surface area contributed by atoms with Crippen LogP contribution in [0.1, 0.15) is 38.3 Å². The summed E-state index contributed by atoms with van der Waals surface area (Å²) in [5.41, 5.74) is 11.7. The van der Waals surface area contributed by atoms with Crippen LogP contribution in [-0.4, -0.2) is 32.9 Å². The highest BCUT2D eigenvalue weighted by Gasteiger charge is 2.24. The predicted octanol–water partition coefficient (Wildman–Crippen LogP) is 2.75. The normalized spacial score (nSPS) is 12.2. The number of anilines is 1. The summed E-state index contributed by atoms with van der Waals surface area (Å²) in [5.74, 6) is 5.80. The van der Waals surface area contributed by atoms with Crippen molar-refractivity contribution in [3.05, 3.63) is 100 Å². The number of carbonyl (C=O) groups is 2. The average Bonchev–Trinajstić information content (AvgIpc) is 3.25. The van der Waals surface area contributed by atoms with E-state index in [0.717, 1.165) is 34.5 Å². The fourth-order valence-electron chi connectivity index (χ4n) is 4.39. The van der Waals surface area contributed by atoms with E-state index < -0.39 is 0 Å². The Balaban J connectivity index is 1.35. The largest absolute Gasteiger partial charge is 0.368 e. The quantitative estimate of drug-likeness (QED) is 0.359. The monoisotopic (exact) mass is 508 g/mol. The van der Waals surface area contributed by atoms with Crippen molar-refractivity contribution in [2.24, 2.45) is 7.05 Å². The van der Waals surface area contributed by atoms with Gasteiger partial charge in [0, 0.05) is 44.0 Å². The maximum absolute atomic E-state index is 13.1. The molecule has 0 fully saturated rings. The van der Waals surface area contributed by atoms with Crippen LogP contribution >= 0.6 is 0 Å². The zero-order chi connectivity index (χ0) is 26.6. The van der Waals surface area contributed by atoms with E-state index in [-0.39, 0.29) is 30.0 Å². The van der Waals surface area contributed by atoms with Crippen LogP contribution in [0.25, 0.3) is 11.4 Å². The summed E-state index contributed by atoms with van der Waals surface area (Å²) in [4.78, 5) is 33.3. The van der Waals surface area contributed by atoms with Gasteiger partial charge in [0.2, 0.25) is 11.9 Å². The second-order valence-corrected chi connectivity index (χ2v) is 8.98. The Labute approximate surface area is 219 Å². The zero-order valence-corrected chi connectivity index (χ0v) is 20.7. The zero-order valence-electron chi connectivity index (χ0n) is 20.7. The molecule has 3 heterocycles. The summed E-state index contributed by atoms with van der Waals surface area (Å²) < 4.78 is 15.0. The van der Waals surface area contributed by atoms with Gasteiger partial charge in [-0.25, -0.2) is 14.4 Å². The van der Waals surface area contributed by atoms with E-state index in [1.54, 1.807) is 18.3 Å². The first-order valence-electron chi connectivity index (χ1n) is 12.1. The van der Waals surface area contributed by atoms with E-state index in [4.69, 9.17) is 5.73 Å². The molecule has 8 nitrogen and oxygen atoms in total. The molecule has 4 aromatic rings. The number of nitrogens with zero attached hydrogens (tertiary/aromatic N) is 3. The Morgan fingerprint density at radius 3 is 2.76 bits per heavy atom. The number of nitrogens with two attached hydrogens (primary N) is 1. The van der Waals surface area contributed by atoms with E-state index in [9.17, 15) is 14.0 Å². The minimum Gasteiger partial charge on any atom is -0.368 e. The Bertz CT molecular complexity index is 1600. The number of fused-ring (bicyclic) bond motifs is 1. The molecule has 0 spiro atoms. The third-order valence-electron chi connectivity index (χ3n) is 6.34. The van der Waals surface area contributed by atoms with Crippen LogP contribution < -0.4 is 16.4 Å². The van der Waals surface area contributed by atoms with E-state index in [1.165, 1.54) is 12.1 Å². The molecule has 0 saturated carbocycles. The van der Waals surface area contributed by atoms with Crippen molar-refractivity contribution in [2.45, 2.75) is 19.4 Å². The van der Waals surface area contributed by atoms with Gasteiger partial charge in [0.25, 0.3) is 5.91 Å². The lowest BCUT2D eigenvalue weighted by Crippen LogP contribution is -2.31. The van der Waals surface area contributed by atoms with E-state index in [1.807, 2.05) is 41.9 Å². The van der Waals surface area contributed by atoms with Gasteiger partial charge in [-0.15, -0.1) is 0 Å². The summed E-state index contributed by atoms with van der Waals surface area (Å²) >= 11 is 0. The van der Waals surface area contributed by atoms with E-state index >= 15 is 0 Å². The first-order valence-corrected chi connectivity index (χ1v) is 12.1. The highest BCUT2D eigenvalue weighted by Crippen LogP contribution is 2.28. The molecule has 1 aliphatic heterocycles. The molecule has 0 radical (unpaired) electrons. The Morgan fingerprint density at radius 1 is 1.16 bits per heavy atom. The van der Waals surface area contributed by atoms with Crippen LogP contribution in [0.15, 0.2) is 60.8 Å². The molecule has 0 unspecified atom stereocenters. The van der Waals surface area contributed by atoms with Crippen molar-refractivity contribution in [1.82, 2.24) is 25.2 Å². The van der Waals surface area contributed by atoms with Gasteiger partial charge in [-0.2, -0.15) is 0 Å². The number of carbonyl (C=O) groups excluding carboxylic acids is 2. The van der Waals surface area contributed by atoms with Gasteiger partial charge in [0.15, 0.2) is 0 Å². The molecule has 9 heteroatoms. The van der Waals surface area contributed by atoms with Gasteiger partial charge in [0.1, 0.15) is 11.5 Å². The molecule has 1 aliphatic rings. The van der Waals surface area contributed by atoms with Crippen LogP contribution in [0, 0.1) is 17.7 Å². The van der Waals surface area contributed by atoms with Gasteiger partial charge in [-0.05, 0) is 41.5 Å². The lowest BCUT2D eigenvalue weighted by Gasteiger charge is -2.14. The smallest absolute Gasteiger partial charge is 0.253 e. The van der Waals surface area contributed by atoms with Gasteiger partial charge < -0.3 is 20.9 Å². The highest BCUT2D eigenvalue weighted by molar-refractivity contribution is 5.98. The lowest BCUT2D eigenvalue weighted by molar-refractivity contribution is -0.120. The second kappa shape index (κ2) is 10.6. The second-order valence-electron chi connectivity index (χ2n) is 8.98. The number of benzene rings is 2. The third kappa shape index (κ3) is 5.39. The van der Waals surface area contributed by atoms with Crippen LogP contribution in [0.5, 0.6) is 0 Å². The van der Waals surface area contributed by atoms with Crippen LogP contribution in [0.2, 0.25) is 0 Å². The summed E-state index contributed by atoms with van der Waals surface area (Å²) in [6.07, 6.45) is 2.48. The average molecular weight is 509 g/mol. The molecule has 0 saturated heterocycles. The molecular weight excluding hydrogens is 483 g/mol. The molecule has 2 aromatic heterocycles. The summed E-state index contributed by atoms with van der Waals surface area (Å²) in [7, 11) is 1.90. The SMILES string of the molecule is Cn1c(-c2nc(N)ncc2C#Cc2cccc(CC(=O)NCc3ccc(F)cc3)c2)cc2c1CCNC2=O. The maximum Gasteiger partial charge on any atom is 0.253 e. The molecule has 2 amide bonds. The number of halogens is 1. The maximum atomic E-state index is 13.1. The van der Waals surface area contributed by atoms with Gasteiger partial charge in [-0.3, -0.25) is 9.59 Å². The number of amides is 2. The molecule has 0 atom stereocenters. The number of hydrogen-bond donors (Lipinski definition) is 3. The molecule has 190 valence electrons. The van der Waals surface area contributed by atoms with E-state index in [2.05, 4.69) is 32.4 Å². The highest BCUT2D eigenvalue weighted by atomic mass is 19.1. The Morgan fingerprint density at radius 2 is 1.97 bits per heavy atom. The number of rotatable bonds is 5. The van der Waals surface area contributed by atoms with Crippen molar-refractivity contribution in [3.63, 3.8) is 0 Å².